The third-order valence-electron chi connectivity index (χ3n) is 3.38. The summed E-state index contributed by atoms with van der Waals surface area (Å²) < 4.78 is 5.59. The van der Waals surface area contributed by atoms with Gasteiger partial charge in [-0.3, -0.25) is 4.79 Å². The van der Waals surface area contributed by atoms with Gasteiger partial charge in [0.1, 0.15) is 5.75 Å². The van der Waals surface area contributed by atoms with Crippen LogP contribution in [-0.2, 0) is 4.79 Å². The summed E-state index contributed by atoms with van der Waals surface area (Å²) in [7, 11) is 0. The van der Waals surface area contributed by atoms with E-state index in [1.54, 1.807) is 24.3 Å². The summed E-state index contributed by atoms with van der Waals surface area (Å²) in [5.74, 6) is -0.271. The van der Waals surface area contributed by atoms with E-state index in [0.29, 0.717) is 30.3 Å². The van der Waals surface area contributed by atoms with E-state index in [9.17, 15) is 14.7 Å². The summed E-state index contributed by atoms with van der Waals surface area (Å²) in [6, 6.07) is 5.70. The Balaban J connectivity index is 2.60. The molecule has 1 rings (SSSR count). The van der Waals surface area contributed by atoms with E-state index in [1.165, 1.54) is 0 Å². The SMILES string of the molecule is CC(C)CCOc1ccc(C(=O)NC(CC(C)C)C(=O)[O-])cc1. The Morgan fingerprint density at radius 1 is 1.09 bits per heavy atom. The number of rotatable bonds is 9. The molecule has 0 fully saturated rings. The van der Waals surface area contributed by atoms with Crippen LogP contribution >= 0.6 is 0 Å². The summed E-state index contributed by atoms with van der Waals surface area (Å²) in [4.78, 5) is 23.2. The van der Waals surface area contributed by atoms with E-state index in [4.69, 9.17) is 4.74 Å². The fourth-order valence-corrected chi connectivity index (χ4v) is 2.04. The summed E-state index contributed by atoms with van der Waals surface area (Å²) in [6.45, 7) is 8.67. The molecule has 0 radical (unpaired) electrons. The standard InChI is InChI=1S/C18H27NO4/c1-12(2)9-10-23-15-7-5-14(6-8-15)17(20)19-16(18(21)22)11-13(3)4/h5-8,12-13,16H,9-11H2,1-4H3,(H,19,20)(H,21,22)/p-1. The molecule has 0 saturated heterocycles. The van der Waals surface area contributed by atoms with E-state index in [0.717, 1.165) is 6.42 Å². The second kappa shape index (κ2) is 9.18. The maximum Gasteiger partial charge on any atom is 0.251 e. The van der Waals surface area contributed by atoms with Crippen molar-refractivity contribution in [2.24, 2.45) is 11.8 Å². The molecule has 0 bridgehead atoms. The number of benzene rings is 1. The highest BCUT2D eigenvalue weighted by atomic mass is 16.5. The number of carbonyl (C=O) groups excluding carboxylic acids is 2. The first kappa shape index (κ1) is 19.0. The molecular weight excluding hydrogens is 294 g/mol. The quantitative estimate of drug-likeness (QED) is 0.755. The van der Waals surface area contributed by atoms with Gasteiger partial charge in [-0.2, -0.15) is 0 Å². The molecule has 1 aromatic rings. The van der Waals surface area contributed by atoms with Crippen LogP contribution in [0.15, 0.2) is 24.3 Å². The number of hydrogen-bond acceptors (Lipinski definition) is 4. The number of nitrogens with one attached hydrogen (secondary N) is 1. The summed E-state index contributed by atoms with van der Waals surface area (Å²) in [6.07, 6.45) is 1.30. The summed E-state index contributed by atoms with van der Waals surface area (Å²) in [5, 5.41) is 13.6. The van der Waals surface area contributed by atoms with Crippen LogP contribution in [0, 0.1) is 11.8 Å². The fraction of sp³-hybridized carbons (Fsp3) is 0.556. The monoisotopic (exact) mass is 320 g/mol. The van der Waals surface area contributed by atoms with Crippen molar-refractivity contribution in [1.82, 2.24) is 5.32 Å². The Morgan fingerprint density at radius 2 is 1.70 bits per heavy atom. The van der Waals surface area contributed by atoms with Gasteiger partial charge in [0.2, 0.25) is 0 Å². The molecule has 1 N–H and O–H groups in total. The molecule has 1 aromatic carbocycles. The second-order valence-electron chi connectivity index (χ2n) is 6.53. The van der Waals surface area contributed by atoms with Crippen molar-refractivity contribution >= 4 is 11.9 Å². The maximum absolute atomic E-state index is 12.1. The van der Waals surface area contributed by atoms with Gasteiger partial charge >= 0.3 is 0 Å². The minimum Gasteiger partial charge on any atom is -0.548 e. The third kappa shape index (κ3) is 7.17. The first-order valence-corrected chi connectivity index (χ1v) is 8.04. The summed E-state index contributed by atoms with van der Waals surface area (Å²) >= 11 is 0. The molecule has 0 aliphatic heterocycles. The van der Waals surface area contributed by atoms with Crippen LogP contribution in [-0.4, -0.2) is 24.5 Å². The van der Waals surface area contributed by atoms with Crippen LogP contribution in [0.3, 0.4) is 0 Å². The van der Waals surface area contributed by atoms with Gasteiger partial charge in [-0.15, -0.1) is 0 Å². The van der Waals surface area contributed by atoms with Gasteiger partial charge in [0, 0.05) is 5.56 Å². The third-order valence-corrected chi connectivity index (χ3v) is 3.38. The molecule has 0 aliphatic rings. The van der Waals surface area contributed by atoms with Crippen LogP contribution in [0.25, 0.3) is 0 Å². The van der Waals surface area contributed by atoms with Gasteiger partial charge in [0.05, 0.1) is 18.6 Å². The number of hydrogen-bond donors (Lipinski definition) is 1. The van der Waals surface area contributed by atoms with Crippen molar-refractivity contribution in [3.8, 4) is 5.75 Å². The van der Waals surface area contributed by atoms with Gasteiger partial charge in [-0.25, -0.2) is 0 Å². The largest absolute Gasteiger partial charge is 0.548 e. The lowest BCUT2D eigenvalue weighted by Gasteiger charge is -2.21. The second-order valence-corrected chi connectivity index (χ2v) is 6.53. The number of carboxylic acid groups (broad SMARTS) is 1. The molecule has 128 valence electrons. The molecule has 0 aromatic heterocycles. The average molecular weight is 320 g/mol. The number of aliphatic carboxylic acids is 1. The Kier molecular flexibility index (Phi) is 7.59. The number of carbonyl (C=O) groups is 2. The van der Waals surface area contributed by atoms with Crippen molar-refractivity contribution < 1.29 is 19.4 Å². The highest BCUT2D eigenvalue weighted by molar-refractivity contribution is 5.96. The zero-order valence-corrected chi connectivity index (χ0v) is 14.3. The van der Waals surface area contributed by atoms with Crippen LogP contribution in [0.1, 0.15) is 50.9 Å². The Morgan fingerprint density at radius 3 is 2.17 bits per heavy atom. The smallest absolute Gasteiger partial charge is 0.251 e. The fourth-order valence-electron chi connectivity index (χ4n) is 2.04. The molecular formula is C18H26NO4-. The van der Waals surface area contributed by atoms with E-state index < -0.39 is 17.9 Å². The molecule has 5 nitrogen and oxygen atoms in total. The maximum atomic E-state index is 12.1. The Labute approximate surface area is 138 Å². The lowest BCUT2D eigenvalue weighted by Crippen LogP contribution is -2.48. The lowest BCUT2D eigenvalue weighted by molar-refractivity contribution is -0.308. The first-order valence-electron chi connectivity index (χ1n) is 8.04. The zero-order chi connectivity index (χ0) is 17.4. The van der Waals surface area contributed by atoms with Crippen molar-refractivity contribution in [3.05, 3.63) is 29.8 Å². The average Bonchev–Trinajstić information content (AvgIpc) is 2.46. The van der Waals surface area contributed by atoms with Crippen LogP contribution in [0.2, 0.25) is 0 Å². The van der Waals surface area contributed by atoms with Crippen LogP contribution in [0.4, 0.5) is 0 Å². The van der Waals surface area contributed by atoms with Gasteiger partial charge in [-0.1, -0.05) is 27.7 Å². The predicted molar refractivity (Wildman–Crippen MR) is 87.1 cm³/mol. The van der Waals surface area contributed by atoms with E-state index in [1.807, 2.05) is 13.8 Å². The molecule has 0 heterocycles. The zero-order valence-electron chi connectivity index (χ0n) is 14.3. The normalized spacial score (nSPS) is 12.3. The van der Waals surface area contributed by atoms with Gasteiger partial charge in [0.25, 0.3) is 5.91 Å². The molecule has 1 atom stereocenters. The van der Waals surface area contributed by atoms with Crippen LogP contribution in [0.5, 0.6) is 5.75 Å². The molecule has 5 heteroatoms. The Bertz CT molecular complexity index is 508. The molecule has 0 aliphatic carbocycles. The minimum absolute atomic E-state index is 0.148. The van der Waals surface area contributed by atoms with Gasteiger partial charge < -0.3 is 20.0 Å². The van der Waals surface area contributed by atoms with Crippen LogP contribution < -0.4 is 15.2 Å². The Hall–Kier alpha value is -2.04. The highest BCUT2D eigenvalue weighted by Crippen LogP contribution is 2.14. The molecule has 1 unspecified atom stereocenters. The minimum atomic E-state index is -1.26. The number of ether oxygens (including phenoxy) is 1. The number of amides is 1. The number of carboxylic acids is 1. The van der Waals surface area contributed by atoms with E-state index in [2.05, 4.69) is 19.2 Å². The van der Waals surface area contributed by atoms with E-state index >= 15 is 0 Å². The predicted octanol–water partition coefficient (Wildman–Crippen LogP) is 2.01. The van der Waals surface area contributed by atoms with Gasteiger partial charge in [0.15, 0.2) is 0 Å². The van der Waals surface area contributed by atoms with Crippen molar-refractivity contribution in [2.75, 3.05) is 6.61 Å². The van der Waals surface area contributed by atoms with E-state index in [-0.39, 0.29) is 5.92 Å². The molecule has 0 saturated carbocycles. The lowest BCUT2D eigenvalue weighted by atomic mass is 10.0. The highest BCUT2D eigenvalue weighted by Gasteiger charge is 2.16. The van der Waals surface area contributed by atoms with Crippen molar-refractivity contribution in [3.63, 3.8) is 0 Å². The topological polar surface area (TPSA) is 78.5 Å². The van der Waals surface area contributed by atoms with Gasteiger partial charge in [-0.05, 0) is 48.9 Å². The van der Waals surface area contributed by atoms with Crippen molar-refractivity contribution in [1.29, 1.82) is 0 Å². The molecule has 1 amide bonds. The molecule has 23 heavy (non-hydrogen) atoms. The van der Waals surface area contributed by atoms with Crippen molar-refractivity contribution in [2.45, 2.75) is 46.6 Å². The first-order chi connectivity index (χ1) is 10.8. The summed E-state index contributed by atoms with van der Waals surface area (Å²) in [5.41, 5.74) is 0.399. The molecule has 0 spiro atoms.